The van der Waals surface area contributed by atoms with Crippen molar-refractivity contribution in [3.63, 3.8) is 0 Å². The van der Waals surface area contributed by atoms with Gasteiger partial charge in [0.15, 0.2) is 5.96 Å². The summed E-state index contributed by atoms with van der Waals surface area (Å²) in [4.78, 5) is 4.70. The minimum Gasteiger partial charge on any atom is -0.373 e. The minimum atomic E-state index is -0.0596. The SMILES string of the molecule is CCNC(=NCC1(C)CCCO1)NCC1CC=CCC1. The monoisotopic (exact) mass is 279 g/mol. The molecule has 0 amide bonds. The highest BCUT2D eigenvalue weighted by Crippen LogP contribution is 2.25. The Labute approximate surface area is 123 Å². The smallest absolute Gasteiger partial charge is 0.191 e. The Morgan fingerprint density at radius 2 is 2.30 bits per heavy atom. The van der Waals surface area contributed by atoms with E-state index in [1.165, 1.54) is 19.3 Å². The zero-order valence-electron chi connectivity index (χ0n) is 13.0. The standard InChI is InChI=1S/C16H29N3O/c1-3-17-15(18-12-14-8-5-4-6-9-14)19-13-16(2)10-7-11-20-16/h4-5,14H,3,6-13H2,1-2H3,(H2,17,18,19). The second-order valence-electron chi connectivity index (χ2n) is 6.13. The zero-order valence-corrected chi connectivity index (χ0v) is 13.0. The molecular formula is C16H29N3O. The average Bonchev–Trinajstić information content (AvgIpc) is 2.90. The van der Waals surface area contributed by atoms with Crippen LogP contribution < -0.4 is 10.6 Å². The summed E-state index contributed by atoms with van der Waals surface area (Å²) in [6.07, 6.45) is 10.5. The molecule has 1 heterocycles. The molecule has 2 N–H and O–H groups in total. The van der Waals surface area contributed by atoms with Gasteiger partial charge in [-0.05, 0) is 51.9 Å². The van der Waals surface area contributed by atoms with Crippen molar-refractivity contribution in [1.29, 1.82) is 0 Å². The molecule has 2 unspecified atom stereocenters. The number of allylic oxidation sites excluding steroid dienone is 2. The normalized spacial score (nSPS) is 30.5. The molecule has 1 fully saturated rings. The highest BCUT2D eigenvalue weighted by molar-refractivity contribution is 5.79. The lowest BCUT2D eigenvalue weighted by Gasteiger charge is -2.23. The van der Waals surface area contributed by atoms with E-state index in [4.69, 9.17) is 9.73 Å². The van der Waals surface area contributed by atoms with Crippen LogP contribution in [-0.4, -0.2) is 37.8 Å². The largest absolute Gasteiger partial charge is 0.373 e. The molecule has 0 spiro atoms. The number of hydrogen-bond donors (Lipinski definition) is 2. The Hall–Kier alpha value is -1.03. The molecule has 0 aromatic rings. The Bertz CT molecular complexity index is 346. The molecular weight excluding hydrogens is 250 g/mol. The minimum absolute atomic E-state index is 0.0596. The summed E-state index contributed by atoms with van der Waals surface area (Å²) in [5.74, 6) is 1.67. The molecule has 0 aromatic carbocycles. The van der Waals surface area contributed by atoms with Gasteiger partial charge in [0.25, 0.3) is 0 Å². The highest BCUT2D eigenvalue weighted by Gasteiger charge is 2.29. The summed E-state index contributed by atoms with van der Waals surface area (Å²) in [6, 6.07) is 0. The van der Waals surface area contributed by atoms with Crippen molar-refractivity contribution in [1.82, 2.24) is 10.6 Å². The van der Waals surface area contributed by atoms with E-state index in [1.54, 1.807) is 0 Å². The zero-order chi connectivity index (χ0) is 14.3. The number of aliphatic imine (C=N–C) groups is 1. The molecule has 0 aromatic heterocycles. The summed E-state index contributed by atoms with van der Waals surface area (Å²) in [7, 11) is 0. The van der Waals surface area contributed by atoms with Gasteiger partial charge in [-0.2, -0.15) is 0 Å². The summed E-state index contributed by atoms with van der Waals surface area (Å²) in [6.45, 7) is 7.80. The number of guanidine groups is 1. The van der Waals surface area contributed by atoms with Crippen molar-refractivity contribution in [2.75, 3.05) is 26.2 Å². The molecule has 1 aliphatic carbocycles. The van der Waals surface area contributed by atoms with Crippen molar-refractivity contribution in [3.05, 3.63) is 12.2 Å². The van der Waals surface area contributed by atoms with Crippen molar-refractivity contribution in [2.45, 2.75) is 51.6 Å². The fourth-order valence-electron chi connectivity index (χ4n) is 2.83. The molecule has 4 heteroatoms. The van der Waals surface area contributed by atoms with Gasteiger partial charge in [-0.25, -0.2) is 0 Å². The molecule has 2 aliphatic rings. The summed E-state index contributed by atoms with van der Waals surface area (Å²) in [5.41, 5.74) is -0.0596. The highest BCUT2D eigenvalue weighted by atomic mass is 16.5. The number of nitrogens with one attached hydrogen (secondary N) is 2. The average molecular weight is 279 g/mol. The van der Waals surface area contributed by atoms with Crippen LogP contribution in [0.3, 0.4) is 0 Å². The number of rotatable bonds is 5. The maximum absolute atomic E-state index is 5.79. The Morgan fingerprint density at radius 3 is 2.95 bits per heavy atom. The second-order valence-corrected chi connectivity index (χ2v) is 6.13. The van der Waals surface area contributed by atoms with E-state index < -0.39 is 0 Å². The van der Waals surface area contributed by atoms with Crippen LogP contribution in [-0.2, 0) is 4.74 Å². The van der Waals surface area contributed by atoms with Gasteiger partial charge in [0.05, 0.1) is 12.1 Å². The molecule has 0 radical (unpaired) electrons. The van der Waals surface area contributed by atoms with Crippen LogP contribution in [0.15, 0.2) is 17.1 Å². The molecule has 2 rings (SSSR count). The summed E-state index contributed by atoms with van der Waals surface area (Å²) < 4.78 is 5.79. The van der Waals surface area contributed by atoms with Gasteiger partial charge in [0.2, 0.25) is 0 Å². The van der Waals surface area contributed by atoms with Crippen LogP contribution in [0.25, 0.3) is 0 Å². The number of ether oxygens (including phenoxy) is 1. The first-order valence-corrected chi connectivity index (χ1v) is 8.03. The molecule has 0 bridgehead atoms. The first kappa shape index (κ1) is 15.4. The van der Waals surface area contributed by atoms with E-state index in [1.807, 2.05) is 0 Å². The number of hydrogen-bond acceptors (Lipinski definition) is 2. The maximum Gasteiger partial charge on any atom is 0.191 e. The van der Waals surface area contributed by atoms with E-state index in [0.29, 0.717) is 0 Å². The van der Waals surface area contributed by atoms with E-state index in [9.17, 15) is 0 Å². The van der Waals surface area contributed by atoms with Crippen LogP contribution in [0.4, 0.5) is 0 Å². The second kappa shape index (κ2) is 7.67. The third kappa shape index (κ3) is 4.82. The van der Waals surface area contributed by atoms with Crippen molar-refractivity contribution in [3.8, 4) is 0 Å². The predicted octanol–water partition coefficient (Wildman–Crippen LogP) is 2.47. The van der Waals surface area contributed by atoms with Gasteiger partial charge in [-0.1, -0.05) is 12.2 Å². The van der Waals surface area contributed by atoms with Crippen LogP contribution in [0.1, 0.15) is 46.0 Å². The van der Waals surface area contributed by atoms with Gasteiger partial charge in [-0.3, -0.25) is 4.99 Å². The van der Waals surface area contributed by atoms with Crippen molar-refractivity contribution in [2.24, 2.45) is 10.9 Å². The van der Waals surface area contributed by atoms with Crippen LogP contribution in [0.2, 0.25) is 0 Å². The molecule has 114 valence electrons. The van der Waals surface area contributed by atoms with Gasteiger partial charge in [0.1, 0.15) is 0 Å². The summed E-state index contributed by atoms with van der Waals surface area (Å²) in [5, 5.41) is 6.81. The maximum atomic E-state index is 5.79. The Morgan fingerprint density at radius 1 is 1.40 bits per heavy atom. The van der Waals surface area contributed by atoms with Gasteiger partial charge >= 0.3 is 0 Å². The topological polar surface area (TPSA) is 45.7 Å². The third-order valence-corrected chi connectivity index (χ3v) is 4.15. The fraction of sp³-hybridized carbons (Fsp3) is 0.812. The third-order valence-electron chi connectivity index (χ3n) is 4.15. The molecule has 20 heavy (non-hydrogen) atoms. The molecule has 2 atom stereocenters. The predicted molar refractivity (Wildman–Crippen MR) is 84.1 cm³/mol. The fourth-order valence-corrected chi connectivity index (χ4v) is 2.83. The van der Waals surface area contributed by atoms with E-state index in [2.05, 4.69) is 36.6 Å². The lowest BCUT2D eigenvalue weighted by molar-refractivity contribution is 0.0283. The van der Waals surface area contributed by atoms with E-state index >= 15 is 0 Å². The van der Waals surface area contributed by atoms with E-state index in [-0.39, 0.29) is 5.60 Å². The van der Waals surface area contributed by atoms with E-state index in [0.717, 1.165) is 51.0 Å². The quantitative estimate of drug-likeness (QED) is 0.462. The summed E-state index contributed by atoms with van der Waals surface area (Å²) >= 11 is 0. The van der Waals surface area contributed by atoms with Gasteiger partial charge in [0, 0.05) is 19.7 Å². The Balaban J connectivity index is 1.80. The lowest BCUT2D eigenvalue weighted by atomic mass is 9.94. The van der Waals surface area contributed by atoms with Crippen LogP contribution in [0, 0.1) is 5.92 Å². The van der Waals surface area contributed by atoms with Gasteiger partial charge < -0.3 is 15.4 Å². The molecule has 0 saturated carbocycles. The van der Waals surface area contributed by atoms with Crippen molar-refractivity contribution >= 4 is 5.96 Å². The van der Waals surface area contributed by atoms with Crippen LogP contribution >= 0.6 is 0 Å². The van der Waals surface area contributed by atoms with Gasteiger partial charge in [-0.15, -0.1) is 0 Å². The Kier molecular flexibility index (Phi) is 5.89. The first-order valence-electron chi connectivity index (χ1n) is 8.03. The van der Waals surface area contributed by atoms with Crippen molar-refractivity contribution < 1.29 is 4.74 Å². The molecule has 1 saturated heterocycles. The lowest BCUT2D eigenvalue weighted by Crippen LogP contribution is -2.41. The first-order chi connectivity index (χ1) is 9.72. The molecule has 1 aliphatic heterocycles. The molecule has 4 nitrogen and oxygen atoms in total. The van der Waals surface area contributed by atoms with Crippen LogP contribution in [0.5, 0.6) is 0 Å². The number of nitrogens with zero attached hydrogens (tertiary/aromatic N) is 1.